The van der Waals surface area contributed by atoms with Crippen LogP contribution in [-0.4, -0.2) is 17.1 Å². The first-order valence-corrected chi connectivity index (χ1v) is 10.3. The molecular formula is C15H21IN2S. The Morgan fingerprint density at radius 3 is 2.58 bits per heavy atom. The van der Waals surface area contributed by atoms with E-state index in [9.17, 15) is 0 Å². The van der Waals surface area contributed by atoms with Crippen LogP contribution in [0, 0.1) is 0 Å². The van der Waals surface area contributed by atoms with Gasteiger partial charge >= 0.3 is 0 Å². The molecule has 104 valence electrons. The molecule has 4 heteroatoms. The quantitative estimate of drug-likeness (QED) is 0.731. The number of piperidine rings is 1. The van der Waals surface area contributed by atoms with Gasteiger partial charge in [-0.3, -0.25) is 3.97 Å². The van der Waals surface area contributed by atoms with Gasteiger partial charge in [0, 0.05) is 41.9 Å². The summed E-state index contributed by atoms with van der Waals surface area (Å²) in [6.07, 6.45) is 4.86. The Hall–Kier alpha value is -0.200. The maximum absolute atomic E-state index is 3.44. The minimum absolute atomic E-state index is 0.728. The normalized spacial score (nSPS) is 16.2. The third-order valence-electron chi connectivity index (χ3n) is 3.56. The molecule has 1 aliphatic rings. The minimum Gasteiger partial charge on any atom is -0.317 e. The fourth-order valence-corrected chi connectivity index (χ4v) is 4.06. The Labute approximate surface area is 132 Å². The van der Waals surface area contributed by atoms with Crippen LogP contribution in [0.1, 0.15) is 38.2 Å². The highest BCUT2D eigenvalue weighted by Gasteiger charge is 2.19. The zero-order valence-corrected chi connectivity index (χ0v) is 14.5. The lowest BCUT2D eigenvalue weighted by Gasteiger charge is -2.22. The van der Waals surface area contributed by atoms with Crippen LogP contribution in [0.2, 0.25) is 0 Å². The van der Waals surface area contributed by atoms with Crippen LogP contribution < -0.4 is 5.32 Å². The van der Waals surface area contributed by atoms with Gasteiger partial charge < -0.3 is 5.32 Å². The van der Waals surface area contributed by atoms with Gasteiger partial charge in [-0.2, -0.15) is 0 Å². The van der Waals surface area contributed by atoms with Gasteiger partial charge in [0.1, 0.15) is 0 Å². The molecule has 1 fully saturated rings. The number of halogens is 1. The zero-order chi connectivity index (χ0) is 13.7. The molecule has 19 heavy (non-hydrogen) atoms. The number of fused-ring (bicyclic) bond motifs is 1. The molecule has 1 N–H and O–H groups in total. The summed E-state index contributed by atoms with van der Waals surface area (Å²) >= 11 is 2.35. The Bertz CT molecular complexity index is 518. The van der Waals surface area contributed by atoms with Crippen molar-refractivity contribution >= 4 is 41.2 Å². The number of nitrogens with zero attached hydrogens (tertiary/aromatic N) is 1. The molecule has 1 saturated heterocycles. The van der Waals surface area contributed by atoms with E-state index in [1.807, 2.05) is 13.8 Å². The lowest BCUT2D eigenvalue weighted by Crippen LogP contribution is -2.26. The van der Waals surface area contributed by atoms with E-state index in [2.05, 4.69) is 61.0 Å². The van der Waals surface area contributed by atoms with Crippen molar-refractivity contribution in [1.82, 2.24) is 9.29 Å². The lowest BCUT2D eigenvalue weighted by molar-refractivity contribution is 0.462. The number of nitrogens with one attached hydrogen (secondary N) is 1. The van der Waals surface area contributed by atoms with E-state index in [0.717, 1.165) is 19.0 Å². The van der Waals surface area contributed by atoms with E-state index in [4.69, 9.17) is 0 Å². The van der Waals surface area contributed by atoms with Gasteiger partial charge in [-0.1, -0.05) is 32.0 Å². The average molecular weight is 388 g/mol. The van der Waals surface area contributed by atoms with Crippen molar-refractivity contribution in [3.8, 4) is 0 Å². The lowest BCUT2D eigenvalue weighted by atomic mass is 9.90. The molecule has 1 aromatic carbocycles. The van der Waals surface area contributed by atoms with Crippen LogP contribution in [0.15, 0.2) is 30.5 Å². The maximum atomic E-state index is 3.44. The first-order chi connectivity index (χ1) is 9.40. The summed E-state index contributed by atoms with van der Waals surface area (Å²) in [5, 5.41) is 4.87. The van der Waals surface area contributed by atoms with Crippen molar-refractivity contribution in [2.24, 2.45) is 0 Å². The van der Waals surface area contributed by atoms with Crippen molar-refractivity contribution in [2.45, 2.75) is 32.6 Å². The van der Waals surface area contributed by atoms with Crippen LogP contribution in [0.3, 0.4) is 0 Å². The number of para-hydroxylation sites is 1. The Balaban J connectivity index is 0.000000637. The summed E-state index contributed by atoms with van der Waals surface area (Å²) < 4.78 is 2.28. The second-order valence-corrected chi connectivity index (χ2v) is 6.23. The van der Waals surface area contributed by atoms with Gasteiger partial charge in [-0.05, 0) is 43.5 Å². The van der Waals surface area contributed by atoms with Crippen molar-refractivity contribution in [2.75, 3.05) is 13.1 Å². The first-order valence-electron chi connectivity index (χ1n) is 7.00. The van der Waals surface area contributed by atoms with Gasteiger partial charge in [0.15, 0.2) is 0 Å². The number of aromatic nitrogens is 1. The van der Waals surface area contributed by atoms with Crippen molar-refractivity contribution in [3.63, 3.8) is 0 Å². The number of rotatable bonds is 2. The van der Waals surface area contributed by atoms with Gasteiger partial charge in [-0.15, -0.1) is 0 Å². The van der Waals surface area contributed by atoms with Gasteiger partial charge in [-0.25, -0.2) is 0 Å². The number of hydrogen-bond acceptors (Lipinski definition) is 2. The van der Waals surface area contributed by atoms with E-state index in [1.165, 1.54) is 29.3 Å². The van der Waals surface area contributed by atoms with Crippen LogP contribution in [0.4, 0.5) is 0 Å². The molecule has 2 nitrogen and oxygen atoms in total. The topological polar surface area (TPSA) is 17.0 Å². The van der Waals surface area contributed by atoms with Crippen molar-refractivity contribution < 1.29 is 0 Å². The molecule has 0 radical (unpaired) electrons. The molecule has 0 amide bonds. The summed E-state index contributed by atoms with van der Waals surface area (Å²) in [5.41, 5.74) is 2.88. The molecule has 0 bridgehead atoms. The van der Waals surface area contributed by atoms with Gasteiger partial charge in [0.05, 0.1) is 5.52 Å². The largest absolute Gasteiger partial charge is 0.317 e. The molecule has 2 heterocycles. The highest BCUT2D eigenvalue weighted by atomic mass is 127. The maximum Gasteiger partial charge on any atom is 0.0601 e. The highest BCUT2D eigenvalue weighted by molar-refractivity contribution is 14.2. The molecule has 1 aliphatic heterocycles. The smallest absolute Gasteiger partial charge is 0.0601 e. The molecule has 0 aliphatic carbocycles. The zero-order valence-electron chi connectivity index (χ0n) is 11.5. The SMILES string of the molecule is CC.ISn1cc(C2CCNCC2)c2ccccc21. The van der Waals surface area contributed by atoms with E-state index in [-0.39, 0.29) is 0 Å². The van der Waals surface area contributed by atoms with E-state index < -0.39 is 0 Å². The summed E-state index contributed by atoms with van der Waals surface area (Å²) in [7, 11) is 1.75. The van der Waals surface area contributed by atoms with Gasteiger partial charge in [0.25, 0.3) is 0 Å². The Morgan fingerprint density at radius 2 is 1.89 bits per heavy atom. The first kappa shape index (κ1) is 15.2. The minimum atomic E-state index is 0.728. The standard InChI is InChI=1S/C13H15IN2S.C2H6/c14-17-16-9-12(10-5-7-15-8-6-10)11-3-1-2-4-13(11)16;1-2/h1-4,9-10,15H,5-8H2;1-2H3. The summed E-state index contributed by atoms with van der Waals surface area (Å²) in [6.45, 7) is 6.31. The van der Waals surface area contributed by atoms with E-state index in [1.54, 1.807) is 9.12 Å². The molecule has 0 atom stereocenters. The summed E-state index contributed by atoms with van der Waals surface area (Å²) in [6, 6.07) is 8.74. The fraction of sp³-hybridized carbons (Fsp3) is 0.467. The van der Waals surface area contributed by atoms with Crippen LogP contribution in [-0.2, 0) is 0 Å². The molecule has 1 aromatic heterocycles. The van der Waals surface area contributed by atoms with Gasteiger partial charge in [0.2, 0.25) is 0 Å². The molecule has 0 saturated carbocycles. The van der Waals surface area contributed by atoms with E-state index in [0.29, 0.717) is 0 Å². The van der Waals surface area contributed by atoms with Crippen molar-refractivity contribution in [1.29, 1.82) is 0 Å². The summed E-state index contributed by atoms with van der Waals surface area (Å²) in [4.78, 5) is 0. The average Bonchev–Trinajstić information content (AvgIpc) is 2.89. The van der Waals surface area contributed by atoms with Crippen LogP contribution in [0.5, 0.6) is 0 Å². The highest BCUT2D eigenvalue weighted by Crippen LogP contribution is 2.35. The Morgan fingerprint density at radius 1 is 1.21 bits per heavy atom. The summed E-state index contributed by atoms with van der Waals surface area (Å²) in [5.74, 6) is 0.728. The molecule has 2 aromatic rings. The van der Waals surface area contributed by atoms with Crippen LogP contribution >= 0.6 is 30.3 Å². The predicted molar refractivity (Wildman–Crippen MR) is 95.1 cm³/mol. The number of benzene rings is 1. The molecule has 0 unspecified atom stereocenters. The predicted octanol–water partition coefficient (Wildman–Crippen LogP) is 4.98. The molecule has 0 spiro atoms. The monoisotopic (exact) mass is 388 g/mol. The second kappa shape index (κ2) is 7.55. The number of hydrogen-bond donors (Lipinski definition) is 1. The Kier molecular flexibility index (Phi) is 6.04. The third kappa shape index (κ3) is 3.28. The third-order valence-corrected chi connectivity index (χ3v) is 5.29. The van der Waals surface area contributed by atoms with Crippen LogP contribution in [0.25, 0.3) is 10.9 Å². The fourth-order valence-electron chi connectivity index (χ4n) is 2.69. The molecule has 3 rings (SSSR count). The van der Waals surface area contributed by atoms with Crippen molar-refractivity contribution in [3.05, 3.63) is 36.0 Å². The molecular weight excluding hydrogens is 367 g/mol. The second-order valence-electron chi connectivity index (χ2n) is 4.52. The van der Waals surface area contributed by atoms with E-state index >= 15 is 0 Å².